The highest BCUT2D eigenvalue weighted by atomic mass is 35.5. The van der Waals surface area contributed by atoms with E-state index in [9.17, 15) is 13.2 Å². The zero-order valence-electron chi connectivity index (χ0n) is 19.6. The number of halogens is 2. The van der Waals surface area contributed by atoms with Gasteiger partial charge < -0.3 is 9.80 Å². The number of anilines is 2. The van der Waals surface area contributed by atoms with Crippen LogP contribution >= 0.6 is 23.2 Å². The molecule has 3 aromatic rings. The number of piperazine rings is 1. The van der Waals surface area contributed by atoms with Crippen molar-refractivity contribution in [2.24, 2.45) is 0 Å². The second-order valence-corrected chi connectivity index (χ2v) is 11.3. The summed E-state index contributed by atoms with van der Waals surface area (Å²) < 4.78 is 28.4. The van der Waals surface area contributed by atoms with Gasteiger partial charge >= 0.3 is 0 Å². The maximum atomic E-state index is 13.6. The van der Waals surface area contributed by atoms with Crippen molar-refractivity contribution in [3.8, 4) is 0 Å². The van der Waals surface area contributed by atoms with Crippen LogP contribution in [0.5, 0.6) is 0 Å². The van der Waals surface area contributed by atoms with Gasteiger partial charge in [-0.15, -0.1) is 0 Å². The van der Waals surface area contributed by atoms with E-state index in [1.807, 2.05) is 44.2 Å². The minimum Gasteiger partial charge on any atom is -0.368 e. The fourth-order valence-electron chi connectivity index (χ4n) is 4.04. The smallest absolute Gasteiger partial charge is 0.264 e. The van der Waals surface area contributed by atoms with Gasteiger partial charge in [-0.2, -0.15) is 0 Å². The van der Waals surface area contributed by atoms with Gasteiger partial charge in [0, 0.05) is 41.9 Å². The second kappa shape index (κ2) is 10.5. The first-order valence-corrected chi connectivity index (χ1v) is 13.5. The topological polar surface area (TPSA) is 60.9 Å². The van der Waals surface area contributed by atoms with Crippen LogP contribution in [0.2, 0.25) is 10.0 Å². The van der Waals surface area contributed by atoms with E-state index in [1.165, 1.54) is 28.6 Å². The number of aryl methyl sites for hydroxylation is 2. The summed E-state index contributed by atoms with van der Waals surface area (Å²) >= 11 is 12.1. The molecule has 0 N–H and O–H groups in total. The number of carbonyl (C=O) groups excluding carboxylic acids is 1. The summed E-state index contributed by atoms with van der Waals surface area (Å²) in [6.07, 6.45) is 0. The Morgan fingerprint density at radius 3 is 2.17 bits per heavy atom. The minimum absolute atomic E-state index is 0.0821. The van der Waals surface area contributed by atoms with Crippen molar-refractivity contribution in [2.45, 2.75) is 18.7 Å². The van der Waals surface area contributed by atoms with Gasteiger partial charge in [-0.25, -0.2) is 8.42 Å². The minimum atomic E-state index is -3.99. The van der Waals surface area contributed by atoms with Crippen molar-refractivity contribution >= 4 is 50.5 Å². The molecule has 0 radical (unpaired) electrons. The van der Waals surface area contributed by atoms with Gasteiger partial charge in [-0.3, -0.25) is 9.10 Å². The van der Waals surface area contributed by atoms with Crippen molar-refractivity contribution in [3.05, 3.63) is 87.9 Å². The zero-order chi connectivity index (χ0) is 25.2. The number of benzene rings is 3. The molecule has 3 aromatic carbocycles. The summed E-state index contributed by atoms with van der Waals surface area (Å²) in [5, 5.41) is 1.10. The van der Waals surface area contributed by atoms with E-state index < -0.39 is 10.0 Å². The van der Waals surface area contributed by atoms with Crippen molar-refractivity contribution in [2.75, 3.05) is 41.9 Å². The number of rotatable bonds is 6. The van der Waals surface area contributed by atoms with Crippen molar-refractivity contribution in [1.29, 1.82) is 0 Å². The molecule has 9 heteroatoms. The first kappa shape index (κ1) is 25.4. The molecule has 1 heterocycles. The molecule has 4 rings (SSSR count). The highest BCUT2D eigenvalue weighted by Crippen LogP contribution is 2.27. The molecule has 1 amide bonds. The van der Waals surface area contributed by atoms with Crippen molar-refractivity contribution < 1.29 is 13.2 Å². The largest absolute Gasteiger partial charge is 0.368 e. The fourth-order valence-corrected chi connectivity index (χ4v) is 5.76. The third-order valence-corrected chi connectivity index (χ3v) is 8.54. The molecule has 1 aliphatic rings. The first-order valence-electron chi connectivity index (χ1n) is 11.3. The van der Waals surface area contributed by atoms with Crippen molar-refractivity contribution in [3.63, 3.8) is 0 Å². The Morgan fingerprint density at radius 1 is 0.857 bits per heavy atom. The molecule has 6 nitrogen and oxygen atoms in total. The van der Waals surface area contributed by atoms with E-state index in [2.05, 4.69) is 4.90 Å². The highest BCUT2D eigenvalue weighted by Gasteiger charge is 2.30. The van der Waals surface area contributed by atoms with Crippen LogP contribution in [0.3, 0.4) is 0 Å². The monoisotopic (exact) mass is 531 g/mol. The SMILES string of the molecule is Cc1ccc(N(CC(=O)N2CCN(c3cccc(Cl)c3)CC2)S(=O)(=O)c2ccc(Cl)cc2)cc1C. The van der Waals surface area contributed by atoms with E-state index in [-0.39, 0.29) is 17.3 Å². The number of hydrogen-bond donors (Lipinski definition) is 0. The number of nitrogens with zero attached hydrogens (tertiary/aromatic N) is 3. The molecular formula is C26H27Cl2N3O3S. The summed E-state index contributed by atoms with van der Waals surface area (Å²) in [5.41, 5.74) is 3.45. The van der Waals surface area contributed by atoms with Gasteiger partial charge in [-0.1, -0.05) is 35.3 Å². The zero-order valence-corrected chi connectivity index (χ0v) is 21.9. The molecule has 1 aliphatic heterocycles. The Balaban J connectivity index is 1.56. The average molecular weight is 532 g/mol. The lowest BCUT2D eigenvalue weighted by Gasteiger charge is -2.37. The summed E-state index contributed by atoms with van der Waals surface area (Å²) in [6.45, 7) is 5.86. The fraction of sp³-hybridized carbons (Fsp3) is 0.269. The lowest BCUT2D eigenvalue weighted by Crippen LogP contribution is -2.52. The lowest BCUT2D eigenvalue weighted by molar-refractivity contribution is -0.129. The third-order valence-electron chi connectivity index (χ3n) is 6.26. The molecule has 0 unspecified atom stereocenters. The van der Waals surface area contributed by atoms with Gasteiger partial charge in [0.2, 0.25) is 5.91 Å². The average Bonchev–Trinajstić information content (AvgIpc) is 2.84. The normalized spacial score (nSPS) is 14.2. The van der Waals surface area contributed by atoms with Crippen molar-refractivity contribution in [1.82, 2.24) is 4.90 Å². The number of hydrogen-bond acceptors (Lipinski definition) is 4. The summed E-state index contributed by atoms with van der Waals surface area (Å²) in [6, 6.07) is 19.0. The Hall–Kier alpha value is -2.74. The quantitative estimate of drug-likeness (QED) is 0.441. The van der Waals surface area contributed by atoms with Gasteiger partial charge in [0.05, 0.1) is 10.6 Å². The Bertz CT molecular complexity index is 1320. The Morgan fingerprint density at radius 2 is 1.54 bits per heavy atom. The van der Waals surface area contributed by atoms with Gasteiger partial charge in [-0.05, 0) is 79.6 Å². The molecule has 1 fully saturated rings. The molecule has 0 atom stereocenters. The van der Waals surface area contributed by atoms with E-state index >= 15 is 0 Å². The molecule has 1 saturated heterocycles. The molecule has 0 aliphatic carbocycles. The van der Waals surface area contributed by atoms with Crippen LogP contribution in [0.4, 0.5) is 11.4 Å². The summed E-state index contributed by atoms with van der Waals surface area (Å²) in [4.78, 5) is 17.3. The molecule has 0 bridgehead atoms. The molecule has 0 saturated carbocycles. The van der Waals surface area contributed by atoms with Crippen LogP contribution in [-0.2, 0) is 14.8 Å². The van der Waals surface area contributed by atoms with E-state index in [0.29, 0.717) is 41.9 Å². The molecular weight excluding hydrogens is 505 g/mol. The van der Waals surface area contributed by atoms with Gasteiger partial charge in [0.25, 0.3) is 10.0 Å². The van der Waals surface area contributed by atoms with Gasteiger partial charge in [0.15, 0.2) is 0 Å². The van der Waals surface area contributed by atoms with E-state index in [1.54, 1.807) is 17.0 Å². The van der Waals surface area contributed by atoms with Crippen LogP contribution in [0.1, 0.15) is 11.1 Å². The Kier molecular flexibility index (Phi) is 7.59. The Labute approximate surface area is 216 Å². The third kappa shape index (κ3) is 5.74. The molecule has 0 aromatic heterocycles. The standard InChI is InChI=1S/C26H27Cl2N3O3S/c1-19-6-9-24(16-20(19)2)31(35(33,34)25-10-7-21(27)8-11-25)18-26(32)30-14-12-29(13-15-30)23-5-3-4-22(28)17-23/h3-11,16-17H,12-15,18H2,1-2H3. The van der Waals surface area contributed by atoms with Crippen LogP contribution in [0, 0.1) is 13.8 Å². The summed E-state index contributed by atoms with van der Waals surface area (Å²) in [5.74, 6) is -0.244. The predicted molar refractivity (Wildman–Crippen MR) is 142 cm³/mol. The molecule has 35 heavy (non-hydrogen) atoms. The van der Waals surface area contributed by atoms with E-state index in [4.69, 9.17) is 23.2 Å². The predicted octanol–water partition coefficient (Wildman–Crippen LogP) is 5.15. The van der Waals surface area contributed by atoms with E-state index in [0.717, 1.165) is 16.8 Å². The number of sulfonamides is 1. The van der Waals surface area contributed by atoms with Crippen LogP contribution in [0.25, 0.3) is 0 Å². The summed E-state index contributed by atoms with van der Waals surface area (Å²) in [7, 11) is -3.99. The van der Waals surface area contributed by atoms with Gasteiger partial charge in [0.1, 0.15) is 6.54 Å². The maximum absolute atomic E-state index is 13.6. The lowest BCUT2D eigenvalue weighted by atomic mass is 10.1. The number of amides is 1. The van der Waals surface area contributed by atoms with Crippen LogP contribution in [-0.4, -0.2) is 51.9 Å². The first-order chi connectivity index (χ1) is 16.6. The van der Waals surface area contributed by atoms with Crippen LogP contribution in [0.15, 0.2) is 71.6 Å². The van der Waals surface area contributed by atoms with Crippen LogP contribution < -0.4 is 9.21 Å². The molecule has 184 valence electrons. The molecule has 0 spiro atoms. The maximum Gasteiger partial charge on any atom is 0.264 e. The number of carbonyl (C=O) groups is 1. The highest BCUT2D eigenvalue weighted by molar-refractivity contribution is 7.92. The second-order valence-electron chi connectivity index (χ2n) is 8.58.